The number of H-pyrrole nitrogens is 1. The number of hydrogen-bond acceptors (Lipinski definition) is 4. The minimum absolute atomic E-state index is 0.0000296. The number of amides is 1. The van der Waals surface area contributed by atoms with Gasteiger partial charge in [0.2, 0.25) is 0 Å². The van der Waals surface area contributed by atoms with Crippen molar-refractivity contribution in [3.8, 4) is 0 Å². The first-order chi connectivity index (χ1) is 12.1. The Morgan fingerprint density at radius 2 is 2.00 bits per heavy atom. The van der Waals surface area contributed by atoms with E-state index in [0.29, 0.717) is 34.7 Å². The average molecular weight is 395 g/mol. The first kappa shape index (κ1) is 16.8. The minimum atomic E-state index is -0.0000296. The molecule has 0 atom stereocenters. The van der Waals surface area contributed by atoms with Crippen LogP contribution in [0.1, 0.15) is 15.2 Å². The summed E-state index contributed by atoms with van der Waals surface area (Å²) in [6.45, 7) is 3.96. The van der Waals surface area contributed by atoms with Crippen LogP contribution in [-0.4, -0.2) is 51.9 Å². The summed E-state index contributed by atoms with van der Waals surface area (Å²) in [6, 6.07) is 5.69. The van der Waals surface area contributed by atoms with E-state index in [-0.39, 0.29) is 5.91 Å². The van der Waals surface area contributed by atoms with Crippen molar-refractivity contribution in [2.75, 3.05) is 26.2 Å². The average Bonchev–Trinajstić information content (AvgIpc) is 3.22. The maximum Gasteiger partial charge on any atom is 0.256 e. The standard InChI is InChI=1S/C17H16Cl2N4OS/c18-13-3-4-20-16-15(13)12(9-21-16)17(24)23-7-5-22(6-8-23)10-11-1-2-14(19)25-11/h1-4,9H,5-8,10H2,(H,20,21). The van der Waals surface area contributed by atoms with Gasteiger partial charge in [0.15, 0.2) is 0 Å². The number of carbonyl (C=O) groups is 1. The highest BCUT2D eigenvalue weighted by Gasteiger charge is 2.25. The molecule has 3 aromatic rings. The largest absolute Gasteiger partial charge is 0.345 e. The second-order valence-electron chi connectivity index (χ2n) is 5.99. The van der Waals surface area contributed by atoms with Crippen molar-refractivity contribution in [2.24, 2.45) is 0 Å². The Labute approximate surface area is 159 Å². The van der Waals surface area contributed by atoms with Gasteiger partial charge in [-0.3, -0.25) is 9.69 Å². The Hall–Kier alpha value is -1.60. The van der Waals surface area contributed by atoms with Crippen molar-refractivity contribution in [2.45, 2.75) is 6.54 Å². The number of thiophene rings is 1. The van der Waals surface area contributed by atoms with Crippen molar-refractivity contribution in [3.63, 3.8) is 0 Å². The number of pyridine rings is 1. The predicted octanol–water partition coefficient (Wildman–Crippen LogP) is 3.89. The monoisotopic (exact) mass is 394 g/mol. The molecule has 0 radical (unpaired) electrons. The van der Waals surface area contributed by atoms with Gasteiger partial charge in [0.05, 0.1) is 20.3 Å². The lowest BCUT2D eigenvalue weighted by atomic mass is 10.2. The quantitative estimate of drug-likeness (QED) is 0.732. The van der Waals surface area contributed by atoms with E-state index in [1.54, 1.807) is 29.8 Å². The molecule has 0 unspecified atom stereocenters. The van der Waals surface area contributed by atoms with Gasteiger partial charge in [-0.15, -0.1) is 11.3 Å². The lowest BCUT2D eigenvalue weighted by molar-refractivity contribution is 0.0631. The highest BCUT2D eigenvalue weighted by molar-refractivity contribution is 7.16. The molecular formula is C17H16Cl2N4OS. The third kappa shape index (κ3) is 3.40. The van der Waals surface area contributed by atoms with Crippen LogP contribution in [0.15, 0.2) is 30.6 Å². The summed E-state index contributed by atoms with van der Waals surface area (Å²) < 4.78 is 0.814. The molecule has 3 aromatic heterocycles. The Balaban J connectivity index is 1.44. The van der Waals surface area contributed by atoms with Crippen molar-refractivity contribution in [3.05, 3.63) is 50.4 Å². The predicted molar refractivity (Wildman–Crippen MR) is 102 cm³/mol. The molecule has 1 fully saturated rings. The van der Waals surface area contributed by atoms with E-state index < -0.39 is 0 Å². The summed E-state index contributed by atoms with van der Waals surface area (Å²) >= 11 is 13.8. The van der Waals surface area contributed by atoms with Gasteiger partial charge in [-0.25, -0.2) is 4.98 Å². The number of fused-ring (bicyclic) bond motifs is 1. The van der Waals surface area contributed by atoms with Gasteiger partial charge in [0.25, 0.3) is 5.91 Å². The molecule has 1 amide bonds. The van der Waals surface area contributed by atoms with E-state index in [2.05, 4.69) is 20.9 Å². The Morgan fingerprint density at radius 1 is 1.20 bits per heavy atom. The molecule has 130 valence electrons. The highest BCUT2D eigenvalue weighted by atomic mass is 35.5. The maximum absolute atomic E-state index is 12.9. The molecule has 0 spiro atoms. The molecule has 1 aliphatic heterocycles. The van der Waals surface area contributed by atoms with E-state index in [0.717, 1.165) is 24.0 Å². The van der Waals surface area contributed by atoms with Crippen LogP contribution in [0, 0.1) is 0 Å². The number of nitrogens with one attached hydrogen (secondary N) is 1. The maximum atomic E-state index is 12.9. The lowest BCUT2D eigenvalue weighted by Crippen LogP contribution is -2.48. The van der Waals surface area contributed by atoms with Gasteiger partial charge in [-0.1, -0.05) is 23.2 Å². The number of piperazine rings is 1. The molecule has 25 heavy (non-hydrogen) atoms. The van der Waals surface area contributed by atoms with E-state index in [4.69, 9.17) is 23.2 Å². The summed E-state index contributed by atoms with van der Waals surface area (Å²) in [6.07, 6.45) is 3.33. The fourth-order valence-corrected chi connectivity index (χ4v) is 4.50. The van der Waals surface area contributed by atoms with Crippen LogP contribution < -0.4 is 0 Å². The molecule has 0 aromatic carbocycles. The molecule has 8 heteroatoms. The molecule has 1 N–H and O–H groups in total. The number of aromatic amines is 1. The van der Waals surface area contributed by atoms with Crippen LogP contribution in [0.4, 0.5) is 0 Å². The third-order valence-electron chi connectivity index (χ3n) is 4.42. The van der Waals surface area contributed by atoms with Crippen LogP contribution in [0.5, 0.6) is 0 Å². The number of carbonyl (C=O) groups excluding carboxylic acids is 1. The van der Waals surface area contributed by atoms with Gasteiger partial charge < -0.3 is 9.88 Å². The molecule has 4 rings (SSSR count). The fourth-order valence-electron chi connectivity index (χ4n) is 3.12. The van der Waals surface area contributed by atoms with Crippen molar-refractivity contribution >= 4 is 51.5 Å². The zero-order chi connectivity index (χ0) is 17.4. The van der Waals surface area contributed by atoms with Gasteiger partial charge >= 0.3 is 0 Å². The summed E-state index contributed by atoms with van der Waals surface area (Å²) in [5.41, 5.74) is 1.23. The van der Waals surface area contributed by atoms with Crippen LogP contribution >= 0.6 is 34.5 Å². The second kappa shape index (κ2) is 6.96. The Bertz CT molecular complexity index is 914. The fraction of sp³-hybridized carbons (Fsp3) is 0.294. The van der Waals surface area contributed by atoms with Crippen molar-refractivity contribution in [1.82, 2.24) is 19.8 Å². The molecule has 1 aliphatic rings. The number of halogens is 2. The van der Waals surface area contributed by atoms with Crippen LogP contribution in [0.3, 0.4) is 0 Å². The van der Waals surface area contributed by atoms with Crippen molar-refractivity contribution < 1.29 is 4.79 Å². The topological polar surface area (TPSA) is 52.2 Å². The first-order valence-electron chi connectivity index (χ1n) is 7.99. The molecule has 0 aliphatic carbocycles. The van der Waals surface area contributed by atoms with E-state index >= 15 is 0 Å². The molecule has 4 heterocycles. The summed E-state index contributed by atoms with van der Waals surface area (Å²) in [7, 11) is 0. The molecule has 0 bridgehead atoms. The molecular weight excluding hydrogens is 379 g/mol. The summed E-state index contributed by atoms with van der Waals surface area (Å²) in [4.78, 5) is 25.6. The molecule has 5 nitrogen and oxygen atoms in total. The van der Waals surface area contributed by atoms with E-state index in [9.17, 15) is 4.79 Å². The van der Waals surface area contributed by atoms with Gasteiger partial charge in [0.1, 0.15) is 5.65 Å². The normalized spacial score (nSPS) is 15.8. The van der Waals surface area contributed by atoms with E-state index in [1.165, 1.54) is 4.88 Å². The lowest BCUT2D eigenvalue weighted by Gasteiger charge is -2.34. The smallest absolute Gasteiger partial charge is 0.256 e. The van der Waals surface area contributed by atoms with Crippen LogP contribution in [0.25, 0.3) is 11.0 Å². The third-order valence-corrected chi connectivity index (χ3v) is 5.95. The Kier molecular flexibility index (Phi) is 4.69. The van der Waals surface area contributed by atoms with Crippen LogP contribution in [0.2, 0.25) is 9.36 Å². The van der Waals surface area contributed by atoms with Gasteiger partial charge in [0, 0.05) is 50.0 Å². The minimum Gasteiger partial charge on any atom is -0.345 e. The highest BCUT2D eigenvalue weighted by Crippen LogP contribution is 2.27. The number of rotatable bonds is 3. The molecule has 1 saturated heterocycles. The Morgan fingerprint density at radius 3 is 2.72 bits per heavy atom. The van der Waals surface area contributed by atoms with Gasteiger partial charge in [-0.05, 0) is 18.2 Å². The first-order valence-corrected chi connectivity index (χ1v) is 9.56. The number of aromatic nitrogens is 2. The summed E-state index contributed by atoms with van der Waals surface area (Å²) in [5.74, 6) is -0.0000296. The number of nitrogens with zero attached hydrogens (tertiary/aromatic N) is 3. The summed E-state index contributed by atoms with van der Waals surface area (Å²) in [5, 5.41) is 1.24. The number of hydrogen-bond donors (Lipinski definition) is 1. The van der Waals surface area contributed by atoms with Crippen LogP contribution in [-0.2, 0) is 6.54 Å². The molecule has 0 saturated carbocycles. The van der Waals surface area contributed by atoms with Crippen molar-refractivity contribution in [1.29, 1.82) is 0 Å². The zero-order valence-electron chi connectivity index (χ0n) is 13.3. The van der Waals surface area contributed by atoms with Gasteiger partial charge in [-0.2, -0.15) is 0 Å². The zero-order valence-corrected chi connectivity index (χ0v) is 15.7. The SMILES string of the molecule is O=C(c1c[nH]c2nccc(Cl)c12)N1CCN(Cc2ccc(Cl)s2)CC1. The second-order valence-corrected chi connectivity index (χ2v) is 8.20. The van der Waals surface area contributed by atoms with E-state index in [1.807, 2.05) is 11.0 Å².